The molecular formula is C24H29N3O2. The number of aromatic amines is 1. The predicted molar refractivity (Wildman–Crippen MR) is 114 cm³/mol. The Labute approximate surface area is 171 Å². The fraction of sp³-hybridized carbons (Fsp3) is 0.458. The zero-order valence-corrected chi connectivity index (χ0v) is 17.0. The Hall–Kier alpha value is -2.37. The van der Waals surface area contributed by atoms with Crippen molar-refractivity contribution in [1.82, 2.24) is 15.1 Å². The standard InChI is InChI=1S/C24H29N3O2/c1-16-2-3-18(12-24(16)29-9-8-28)14-27-15-19-5-7-23(27)21(19)11-17-4-6-22-20(10-17)13-25-26-22/h2-4,6,10,12-13,19,21,23,28H,5,7-9,11,14-15H2,1H3,(H,25,26). The molecule has 1 aliphatic carbocycles. The van der Waals surface area contributed by atoms with E-state index in [0.717, 1.165) is 41.6 Å². The smallest absolute Gasteiger partial charge is 0.122 e. The van der Waals surface area contributed by atoms with Gasteiger partial charge in [-0.2, -0.15) is 5.10 Å². The summed E-state index contributed by atoms with van der Waals surface area (Å²) >= 11 is 0. The van der Waals surface area contributed by atoms with E-state index >= 15 is 0 Å². The first-order valence-corrected chi connectivity index (χ1v) is 10.7. The largest absolute Gasteiger partial charge is 0.491 e. The first kappa shape index (κ1) is 18.6. The van der Waals surface area contributed by atoms with Crippen molar-refractivity contribution in [2.24, 2.45) is 11.8 Å². The minimum Gasteiger partial charge on any atom is -0.491 e. The van der Waals surface area contributed by atoms with Gasteiger partial charge in [0.1, 0.15) is 12.4 Å². The molecule has 1 aliphatic heterocycles. The Morgan fingerprint density at radius 1 is 1.17 bits per heavy atom. The summed E-state index contributed by atoms with van der Waals surface area (Å²) in [6.07, 6.45) is 5.75. The van der Waals surface area contributed by atoms with Crippen LogP contribution in [0.25, 0.3) is 10.9 Å². The molecule has 3 atom stereocenters. The highest BCUT2D eigenvalue weighted by Gasteiger charge is 2.46. The summed E-state index contributed by atoms with van der Waals surface area (Å²) in [6, 6.07) is 13.9. The second-order valence-corrected chi connectivity index (χ2v) is 8.67. The topological polar surface area (TPSA) is 61.4 Å². The van der Waals surface area contributed by atoms with Crippen molar-refractivity contribution in [3.63, 3.8) is 0 Å². The van der Waals surface area contributed by atoms with Crippen molar-refractivity contribution in [3.05, 3.63) is 59.3 Å². The second-order valence-electron chi connectivity index (χ2n) is 8.67. The Morgan fingerprint density at radius 2 is 2.07 bits per heavy atom. The summed E-state index contributed by atoms with van der Waals surface area (Å²) in [5.74, 6) is 2.44. The monoisotopic (exact) mass is 391 g/mol. The Balaban J connectivity index is 1.28. The molecule has 1 saturated carbocycles. The zero-order valence-electron chi connectivity index (χ0n) is 17.0. The summed E-state index contributed by atoms with van der Waals surface area (Å²) in [6.45, 7) is 4.63. The summed E-state index contributed by atoms with van der Waals surface area (Å²) in [5, 5.41) is 17.4. The van der Waals surface area contributed by atoms with Crippen LogP contribution < -0.4 is 4.74 Å². The number of nitrogens with one attached hydrogen (secondary N) is 1. The number of piperidine rings is 1. The third-order valence-electron chi connectivity index (χ3n) is 6.83. The van der Waals surface area contributed by atoms with Crippen LogP contribution in [0, 0.1) is 18.8 Å². The van der Waals surface area contributed by atoms with Crippen molar-refractivity contribution < 1.29 is 9.84 Å². The molecule has 152 valence electrons. The van der Waals surface area contributed by atoms with Crippen molar-refractivity contribution >= 4 is 10.9 Å². The molecule has 2 fully saturated rings. The minimum atomic E-state index is 0.0475. The molecule has 5 heteroatoms. The molecule has 5 rings (SSSR count). The van der Waals surface area contributed by atoms with Gasteiger partial charge in [0, 0.05) is 24.5 Å². The highest BCUT2D eigenvalue weighted by Crippen LogP contribution is 2.45. The molecule has 3 aromatic rings. The van der Waals surface area contributed by atoms with Crippen LogP contribution in [0.5, 0.6) is 5.75 Å². The van der Waals surface area contributed by atoms with Gasteiger partial charge in [0.25, 0.3) is 0 Å². The van der Waals surface area contributed by atoms with Crippen molar-refractivity contribution in [2.45, 2.75) is 38.8 Å². The van der Waals surface area contributed by atoms with Gasteiger partial charge in [0.15, 0.2) is 0 Å². The number of fused-ring (bicyclic) bond motifs is 3. The van der Waals surface area contributed by atoms with E-state index in [4.69, 9.17) is 9.84 Å². The Bertz CT molecular complexity index is 999. The van der Waals surface area contributed by atoms with Crippen LogP contribution >= 0.6 is 0 Å². The first-order valence-electron chi connectivity index (χ1n) is 10.7. The summed E-state index contributed by atoms with van der Waals surface area (Å²) in [7, 11) is 0. The summed E-state index contributed by atoms with van der Waals surface area (Å²) in [5.41, 5.74) is 4.97. The normalized spacial score (nSPS) is 23.9. The number of rotatable bonds is 7. The van der Waals surface area contributed by atoms with Gasteiger partial charge in [-0.1, -0.05) is 18.2 Å². The number of aliphatic hydroxyl groups is 1. The number of aryl methyl sites for hydroxylation is 1. The van der Waals surface area contributed by atoms with Crippen LogP contribution in [0.3, 0.4) is 0 Å². The fourth-order valence-electron chi connectivity index (χ4n) is 5.41. The molecule has 1 aromatic heterocycles. The highest BCUT2D eigenvalue weighted by atomic mass is 16.5. The third kappa shape index (κ3) is 3.65. The number of likely N-dealkylation sites (tertiary alicyclic amines) is 1. The first-order chi connectivity index (χ1) is 14.2. The lowest BCUT2D eigenvalue weighted by atomic mass is 9.90. The SMILES string of the molecule is Cc1ccc(CN2CC3CCC2C3Cc2ccc3[nH]ncc3c2)cc1OCCO. The number of ether oxygens (including phenoxy) is 1. The van der Waals surface area contributed by atoms with Gasteiger partial charge >= 0.3 is 0 Å². The van der Waals surface area contributed by atoms with Gasteiger partial charge in [-0.3, -0.25) is 10.00 Å². The van der Waals surface area contributed by atoms with Gasteiger partial charge in [-0.25, -0.2) is 0 Å². The van der Waals surface area contributed by atoms with Crippen molar-refractivity contribution in [1.29, 1.82) is 0 Å². The van der Waals surface area contributed by atoms with E-state index in [1.807, 2.05) is 6.20 Å². The molecule has 29 heavy (non-hydrogen) atoms. The molecule has 5 nitrogen and oxygen atoms in total. The Kier molecular flexibility index (Phi) is 5.02. The van der Waals surface area contributed by atoms with E-state index in [0.29, 0.717) is 12.6 Å². The molecule has 2 aliphatic rings. The van der Waals surface area contributed by atoms with Crippen LogP contribution in [0.2, 0.25) is 0 Å². The van der Waals surface area contributed by atoms with E-state index < -0.39 is 0 Å². The second kappa shape index (κ2) is 7.81. The van der Waals surface area contributed by atoms with E-state index in [2.05, 4.69) is 58.4 Å². The zero-order chi connectivity index (χ0) is 19.8. The molecule has 2 bridgehead atoms. The Morgan fingerprint density at radius 3 is 2.97 bits per heavy atom. The number of benzene rings is 2. The molecule has 0 radical (unpaired) electrons. The molecule has 1 saturated heterocycles. The maximum absolute atomic E-state index is 9.05. The van der Waals surface area contributed by atoms with E-state index in [1.165, 1.54) is 35.9 Å². The highest BCUT2D eigenvalue weighted by molar-refractivity contribution is 5.78. The van der Waals surface area contributed by atoms with E-state index in [-0.39, 0.29) is 6.61 Å². The fourth-order valence-corrected chi connectivity index (χ4v) is 5.41. The molecule has 3 unspecified atom stereocenters. The van der Waals surface area contributed by atoms with Crippen LogP contribution in [0.1, 0.15) is 29.5 Å². The lowest BCUT2D eigenvalue weighted by Gasteiger charge is -2.28. The maximum Gasteiger partial charge on any atom is 0.122 e. The third-order valence-corrected chi connectivity index (χ3v) is 6.83. The average molecular weight is 392 g/mol. The van der Waals surface area contributed by atoms with Gasteiger partial charge in [0.2, 0.25) is 0 Å². The summed E-state index contributed by atoms with van der Waals surface area (Å²) in [4.78, 5) is 2.68. The van der Waals surface area contributed by atoms with Crippen LogP contribution in [-0.4, -0.2) is 46.0 Å². The van der Waals surface area contributed by atoms with Crippen molar-refractivity contribution in [3.8, 4) is 5.75 Å². The maximum atomic E-state index is 9.05. The molecular weight excluding hydrogens is 362 g/mol. The molecule has 0 amide bonds. The number of H-pyrrole nitrogens is 1. The molecule has 2 aromatic carbocycles. The average Bonchev–Trinajstić information content (AvgIpc) is 3.43. The number of hydrogen-bond acceptors (Lipinski definition) is 4. The molecule has 2 N–H and O–H groups in total. The number of hydrogen-bond donors (Lipinski definition) is 2. The lowest BCUT2D eigenvalue weighted by molar-refractivity contribution is 0.194. The molecule has 0 spiro atoms. The van der Waals surface area contributed by atoms with Gasteiger partial charge in [-0.15, -0.1) is 0 Å². The quantitative estimate of drug-likeness (QED) is 0.645. The van der Waals surface area contributed by atoms with Crippen LogP contribution in [0.4, 0.5) is 0 Å². The van der Waals surface area contributed by atoms with Crippen molar-refractivity contribution in [2.75, 3.05) is 19.8 Å². The predicted octanol–water partition coefficient (Wildman–Crippen LogP) is 3.70. The molecule has 2 heterocycles. The minimum absolute atomic E-state index is 0.0475. The lowest BCUT2D eigenvalue weighted by Crippen LogP contribution is -2.33. The van der Waals surface area contributed by atoms with Crippen LogP contribution in [0.15, 0.2) is 42.6 Å². The number of aliphatic hydroxyl groups excluding tert-OH is 1. The summed E-state index contributed by atoms with van der Waals surface area (Å²) < 4.78 is 5.71. The van der Waals surface area contributed by atoms with Gasteiger partial charge in [-0.05, 0) is 72.9 Å². The van der Waals surface area contributed by atoms with E-state index in [1.54, 1.807) is 0 Å². The number of nitrogens with zero attached hydrogens (tertiary/aromatic N) is 2. The van der Waals surface area contributed by atoms with E-state index in [9.17, 15) is 0 Å². The van der Waals surface area contributed by atoms with Gasteiger partial charge in [0.05, 0.1) is 18.3 Å². The van der Waals surface area contributed by atoms with Gasteiger partial charge < -0.3 is 9.84 Å². The number of aromatic nitrogens is 2. The van der Waals surface area contributed by atoms with Crippen LogP contribution in [-0.2, 0) is 13.0 Å².